The van der Waals surface area contributed by atoms with Crippen LogP contribution in [0.3, 0.4) is 0 Å². The molecule has 0 aromatic heterocycles. The van der Waals surface area contributed by atoms with E-state index in [0.717, 1.165) is 18.0 Å². The predicted molar refractivity (Wildman–Crippen MR) is 90.7 cm³/mol. The van der Waals surface area contributed by atoms with Crippen LogP contribution >= 0.6 is 0 Å². The quantitative estimate of drug-likeness (QED) is 0.810. The van der Waals surface area contributed by atoms with Crippen molar-refractivity contribution >= 4 is 0 Å². The van der Waals surface area contributed by atoms with Gasteiger partial charge >= 0.3 is 0 Å². The molecule has 0 bridgehead atoms. The van der Waals surface area contributed by atoms with Crippen LogP contribution in [-0.4, -0.2) is 36.6 Å². The van der Waals surface area contributed by atoms with Crippen molar-refractivity contribution in [3.8, 4) is 0 Å². The van der Waals surface area contributed by atoms with Gasteiger partial charge in [-0.3, -0.25) is 4.90 Å². The zero-order valence-electron chi connectivity index (χ0n) is 14.0. The van der Waals surface area contributed by atoms with Crippen LogP contribution < -0.4 is 5.32 Å². The monoisotopic (exact) mass is 292 g/mol. The molecular weight excluding hydrogens is 256 g/mol. The van der Waals surface area contributed by atoms with Crippen LogP contribution in [0.2, 0.25) is 0 Å². The molecule has 122 valence electrons. The molecule has 1 heterocycles. The first-order valence-electron chi connectivity index (χ1n) is 9.90. The van der Waals surface area contributed by atoms with Crippen molar-refractivity contribution in [3.63, 3.8) is 0 Å². The molecule has 3 rings (SSSR count). The van der Waals surface area contributed by atoms with E-state index in [1.807, 2.05) is 0 Å². The lowest BCUT2D eigenvalue weighted by atomic mass is 9.87. The van der Waals surface area contributed by atoms with E-state index in [0.29, 0.717) is 0 Å². The van der Waals surface area contributed by atoms with Gasteiger partial charge in [0.05, 0.1) is 0 Å². The smallest absolute Gasteiger partial charge is 0.00981 e. The summed E-state index contributed by atoms with van der Waals surface area (Å²) in [6, 6.07) is 1.86. The average molecular weight is 293 g/mol. The summed E-state index contributed by atoms with van der Waals surface area (Å²) in [5, 5.41) is 3.60. The maximum Gasteiger partial charge on any atom is 0.00981 e. The largest absolute Gasteiger partial charge is 0.316 e. The van der Waals surface area contributed by atoms with Crippen LogP contribution in [0.5, 0.6) is 0 Å². The molecule has 0 aromatic rings. The minimum atomic E-state index is 0.929. The Kier molecular flexibility index (Phi) is 6.42. The molecule has 1 saturated heterocycles. The minimum Gasteiger partial charge on any atom is -0.316 e. The molecule has 2 aliphatic carbocycles. The maximum atomic E-state index is 3.60. The van der Waals surface area contributed by atoms with Crippen molar-refractivity contribution in [3.05, 3.63) is 0 Å². The summed E-state index contributed by atoms with van der Waals surface area (Å²) in [4.78, 5) is 2.99. The van der Waals surface area contributed by atoms with E-state index in [4.69, 9.17) is 0 Å². The van der Waals surface area contributed by atoms with Crippen molar-refractivity contribution < 1.29 is 0 Å². The SMILES string of the molecule is C1CCC(N(CCC2CCCNC2)C2CCCCC2)CC1. The third kappa shape index (κ3) is 4.69. The lowest BCUT2D eigenvalue weighted by molar-refractivity contribution is 0.0729. The molecule has 21 heavy (non-hydrogen) atoms. The number of rotatable bonds is 5. The van der Waals surface area contributed by atoms with E-state index in [1.165, 1.54) is 103 Å². The Labute approximate surface area is 132 Å². The third-order valence-corrected chi connectivity index (χ3v) is 6.28. The van der Waals surface area contributed by atoms with Crippen molar-refractivity contribution in [2.75, 3.05) is 19.6 Å². The topological polar surface area (TPSA) is 15.3 Å². The molecule has 0 radical (unpaired) electrons. The number of nitrogens with zero attached hydrogens (tertiary/aromatic N) is 1. The van der Waals surface area contributed by atoms with Crippen molar-refractivity contribution in [1.82, 2.24) is 10.2 Å². The first kappa shape index (κ1) is 15.8. The van der Waals surface area contributed by atoms with Gasteiger partial charge in [-0.2, -0.15) is 0 Å². The Bertz CT molecular complexity index is 255. The van der Waals surface area contributed by atoms with Crippen molar-refractivity contribution in [2.45, 2.75) is 95.6 Å². The third-order valence-electron chi connectivity index (χ3n) is 6.28. The van der Waals surface area contributed by atoms with Gasteiger partial charge in [0.25, 0.3) is 0 Å². The lowest BCUT2D eigenvalue weighted by Crippen LogP contribution is -2.46. The van der Waals surface area contributed by atoms with E-state index in [2.05, 4.69) is 10.2 Å². The van der Waals surface area contributed by atoms with E-state index in [-0.39, 0.29) is 0 Å². The Balaban J connectivity index is 1.54. The highest BCUT2D eigenvalue weighted by Gasteiger charge is 2.29. The van der Waals surface area contributed by atoms with Crippen LogP contribution in [0.15, 0.2) is 0 Å². The van der Waals surface area contributed by atoms with Crippen molar-refractivity contribution in [1.29, 1.82) is 0 Å². The van der Waals surface area contributed by atoms with Crippen LogP contribution in [0, 0.1) is 5.92 Å². The summed E-state index contributed by atoms with van der Waals surface area (Å²) in [5.41, 5.74) is 0. The molecule has 1 atom stereocenters. The highest BCUT2D eigenvalue weighted by Crippen LogP contribution is 2.31. The van der Waals surface area contributed by atoms with Gasteiger partial charge in [-0.15, -0.1) is 0 Å². The normalized spacial score (nSPS) is 29.9. The second-order valence-corrected chi connectivity index (χ2v) is 7.82. The van der Waals surface area contributed by atoms with E-state index in [9.17, 15) is 0 Å². The fourth-order valence-corrected chi connectivity index (χ4v) is 4.99. The van der Waals surface area contributed by atoms with E-state index in [1.54, 1.807) is 0 Å². The van der Waals surface area contributed by atoms with E-state index < -0.39 is 0 Å². The lowest BCUT2D eigenvalue weighted by Gasteiger charge is -2.42. The highest BCUT2D eigenvalue weighted by molar-refractivity contribution is 4.84. The highest BCUT2D eigenvalue weighted by atomic mass is 15.2. The van der Waals surface area contributed by atoms with Gasteiger partial charge in [0, 0.05) is 12.1 Å². The van der Waals surface area contributed by atoms with Gasteiger partial charge in [0.2, 0.25) is 0 Å². The molecule has 0 amide bonds. The van der Waals surface area contributed by atoms with Gasteiger partial charge in [-0.1, -0.05) is 38.5 Å². The fraction of sp³-hybridized carbons (Fsp3) is 1.00. The molecule has 3 fully saturated rings. The van der Waals surface area contributed by atoms with Gasteiger partial charge < -0.3 is 5.32 Å². The van der Waals surface area contributed by atoms with Gasteiger partial charge in [0.1, 0.15) is 0 Å². The van der Waals surface area contributed by atoms with Crippen LogP contribution in [-0.2, 0) is 0 Å². The average Bonchev–Trinajstić information content (AvgIpc) is 2.58. The van der Waals surface area contributed by atoms with Gasteiger partial charge in [-0.25, -0.2) is 0 Å². The Morgan fingerprint density at radius 3 is 1.86 bits per heavy atom. The molecule has 2 heteroatoms. The first-order chi connectivity index (χ1) is 10.4. The molecule has 1 aliphatic heterocycles. The summed E-state index contributed by atoms with van der Waals surface area (Å²) in [5.74, 6) is 0.952. The molecule has 0 spiro atoms. The predicted octanol–water partition coefficient (Wildman–Crippen LogP) is 4.34. The molecular formula is C19H36N2. The summed E-state index contributed by atoms with van der Waals surface area (Å²) in [7, 11) is 0. The molecule has 3 aliphatic rings. The minimum absolute atomic E-state index is 0.929. The number of piperidine rings is 1. The zero-order chi connectivity index (χ0) is 14.3. The number of hydrogen-bond acceptors (Lipinski definition) is 2. The second kappa shape index (κ2) is 8.53. The van der Waals surface area contributed by atoms with Crippen molar-refractivity contribution in [2.24, 2.45) is 5.92 Å². The van der Waals surface area contributed by atoms with Crippen LogP contribution in [0.4, 0.5) is 0 Å². The van der Waals surface area contributed by atoms with Crippen LogP contribution in [0.25, 0.3) is 0 Å². The zero-order valence-corrected chi connectivity index (χ0v) is 14.0. The first-order valence-corrected chi connectivity index (χ1v) is 9.90. The summed E-state index contributed by atoms with van der Waals surface area (Å²) in [6.45, 7) is 3.93. The molecule has 2 saturated carbocycles. The Hall–Kier alpha value is -0.0800. The molecule has 1 unspecified atom stereocenters. The maximum absolute atomic E-state index is 3.60. The molecule has 0 aromatic carbocycles. The van der Waals surface area contributed by atoms with Gasteiger partial charge in [0.15, 0.2) is 0 Å². The summed E-state index contributed by atoms with van der Waals surface area (Å²) in [6.07, 6.45) is 19.2. The Morgan fingerprint density at radius 1 is 0.714 bits per heavy atom. The molecule has 1 N–H and O–H groups in total. The van der Waals surface area contributed by atoms with E-state index >= 15 is 0 Å². The fourth-order valence-electron chi connectivity index (χ4n) is 4.99. The second-order valence-electron chi connectivity index (χ2n) is 7.82. The standard InChI is InChI=1S/C19H36N2/c1-3-9-18(10-4-1)21(19-11-5-2-6-12-19)15-13-17-8-7-14-20-16-17/h17-20H,1-16H2. The summed E-state index contributed by atoms with van der Waals surface area (Å²) >= 11 is 0. The summed E-state index contributed by atoms with van der Waals surface area (Å²) < 4.78 is 0. The molecule has 2 nitrogen and oxygen atoms in total. The van der Waals surface area contributed by atoms with Gasteiger partial charge in [-0.05, 0) is 70.5 Å². The van der Waals surface area contributed by atoms with Crippen LogP contribution in [0.1, 0.15) is 83.5 Å². The number of hydrogen-bond donors (Lipinski definition) is 1. The number of nitrogens with one attached hydrogen (secondary N) is 1. The Morgan fingerprint density at radius 2 is 1.33 bits per heavy atom.